The monoisotopic (exact) mass is 333 g/mol. The Morgan fingerprint density at radius 3 is 2.48 bits per heavy atom. The number of amides is 1. The first-order valence-electron chi connectivity index (χ1n) is 7.15. The Hall–Kier alpha value is -2.41. The molecule has 2 aromatic rings. The van der Waals surface area contributed by atoms with Gasteiger partial charge in [-0.2, -0.15) is 0 Å². The Kier molecular flexibility index (Phi) is 5.33. The fraction of sp³-hybridized carbons (Fsp3) is 0.250. The van der Waals surface area contributed by atoms with Gasteiger partial charge in [-0.25, -0.2) is 13.4 Å². The minimum absolute atomic E-state index is 0.306. The molecule has 1 aromatic carbocycles. The molecule has 6 nitrogen and oxygen atoms in total. The highest BCUT2D eigenvalue weighted by Crippen LogP contribution is 2.13. The molecule has 0 spiro atoms. The first-order chi connectivity index (χ1) is 10.9. The van der Waals surface area contributed by atoms with Gasteiger partial charge in [0, 0.05) is 11.9 Å². The Balaban J connectivity index is 1.96. The van der Waals surface area contributed by atoms with Gasteiger partial charge in [0.15, 0.2) is 0 Å². The molecule has 0 bridgehead atoms. The zero-order valence-electron chi connectivity index (χ0n) is 13.0. The predicted molar refractivity (Wildman–Crippen MR) is 90.6 cm³/mol. The summed E-state index contributed by atoms with van der Waals surface area (Å²) >= 11 is 0. The second-order valence-electron chi connectivity index (χ2n) is 5.35. The predicted octanol–water partition coefficient (Wildman–Crippen LogP) is 2.41. The Bertz CT molecular complexity index is 759. The van der Waals surface area contributed by atoms with Crippen LogP contribution in [0.3, 0.4) is 0 Å². The maximum Gasteiger partial charge on any atom is 0.233 e. The Morgan fingerprint density at radius 2 is 1.87 bits per heavy atom. The van der Waals surface area contributed by atoms with Gasteiger partial charge in [0.2, 0.25) is 15.9 Å². The fourth-order valence-electron chi connectivity index (χ4n) is 1.93. The van der Waals surface area contributed by atoms with Crippen molar-refractivity contribution >= 4 is 27.4 Å². The van der Waals surface area contributed by atoms with Crippen molar-refractivity contribution in [2.75, 3.05) is 15.8 Å². The molecule has 0 aliphatic rings. The van der Waals surface area contributed by atoms with Crippen molar-refractivity contribution in [3.8, 4) is 0 Å². The van der Waals surface area contributed by atoms with Gasteiger partial charge in [-0.05, 0) is 31.2 Å². The number of nitrogens with zero attached hydrogens (tertiary/aromatic N) is 1. The van der Waals surface area contributed by atoms with Crippen LogP contribution < -0.4 is 10.0 Å². The van der Waals surface area contributed by atoms with Crippen molar-refractivity contribution in [2.24, 2.45) is 5.92 Å². The SMILES string of the molecule is Cc1ccc(NS(=O)(=O)CC(C)C(=O)Nc2ccccn2)cc1. The molecule has 0 radical (unpaired) electrons. The van der Waals surface area contributed by atoms with Crippen LogP contribution in [0.5, 0.6) is 0 Å². The van der Waals surface area contributed by atoms with E-state index in [0.717, 1.165) is 5.56 Å². The Labute approximate surface area is 136 Å². The van der Waals surface area contributed by atoms with Crippen molar-refractivity contribution in [3.05, 3.63) is 54.2 Å². The number of nitrogens with one attached hydrogen (secondary N) is 2. The molecule has 0 aliphatic heterocycles. The van der Waals surface area contributed by atoms with Gasteiger partial charge in [-0.1, -0.05) is 30.7 Å². The number of benzene rings is 1. The van der Waals surface area contributed by atoms with Gasteiger partial charge >= 0.3 is 0 Å². The summed E-state index contributed by atoms with van der Waals surface area (Å²) in [6, 6.07) is 12.1. The summed E-state index contributed by atoms with van der Waals surface area (Å²) in [7, 11) is -3.62. The minimum atomic E-state index is -3.62. The average molecular weight is 333 g/mol. The number of aromatic nitrogens is 1. The molecule has 1 amide bonds. The van der Waals surface area contributed by atoms with E-state index in [1.807, 2.05) is 19.1 Å². The van der Waals surface area contributed by atoms with Crippen molar-refractivity contribution in [1.29, 1.82) is 0 Å². The highest BCUT2D eigenvalue weighted by atomic mass is 32.2. The summed E-state index contributed by atoms with van der Waals surface area (Å²) in [5.41, 5.74) is 1.52. The molecule has 1 heterocycles. The number of pyridine rings is 1. The number of rotatable bonds is 6. The molecule has 2 rings (SSSR count). The maximum absolute atomic E-state index is 12.1. The standard InChI is InChI=1S/C16H19N3O3S/c1-12-6-8-14(9-7-12)19-23(21,22)11-13(2)16(20)18-15-5-3-4-10-17-15/h3-10,13,19H,11H2,1-2H3,(H,17,18,20). The molecular formula is C16H19N3O3S. The smallest absolute Gasteiger partial charge is 0.233 e. The lowest BCUT2D eigenvalue weighted by molar-refractivity contribution is -0.118. The summed E-state index contributed by atoms with van der Waals surface area (Å²) < 4.78 is 26.8. The molecule has 1 atom stereocenters. The van der Waals surface area contributed by atoms with Gasteiger partial charge in [0.25, 0.3) is 0 Å². The van der Waals surface area contributed by atoms with Crippen LogP contribution >= 0.6 is 0 Å². The number of hydrogen-bond acceptors (Lipinski definition) is 4. The summed E-state index contributed by atoms with van der Waals surface area (Å²) in [6.07, 6.45) is 1.55. The van der Waals surface area contributed by atoms with Crippen LogP contribution in [0, 0.1) is 12.8 Å². The topological polar surface area (TPSA) is 88.2 Å². The van der Waals surface area contributed by atoms with E-state index < -0.39 is 21.8 Å². The van der Waals surface area contributed by atoms with E-state index >= 15 is 0 Å². The van der Waals surface area contributed by atoms with Crippen molar-refractivity contribution in [1.82, 2.24) is 4.98 Å². The van der Waals surface area contributed by atoms with Gasteiger partial charge < -0.3 is 5.32 Å². The molecule has 1 unspecified atom stereocenters. The van der Waals surface area contributed by atoms with Crippen LogP contribution in [0.15, 0.2) is 48.7 Å². The van der Waals surface area contributed by atoms with Crippen LogP contribution in [-0.4, -0.2) is 25.1 Å². The number of aryl methyl sites for hydroxylation is 1. The fourth-order valence-corrected chi connectivity index (χ4v) is 3.32. The van der Waals surface area contributed by atoms with Crippen LogP contribution in [-0.2, 0) is 14.8 Å². The third-order valence-corrected chi connectivity index (χ3v) is 4.64. The zero-order chi connectivity index (χ0) is 16.9. The number of sulfonamides is 1. The molecule has 0 aliphatic carbocycles. The molecule has 0 saturated carbocycles. The van der Waals surface area contributed by atoms with E-state index in [2.05, 4.69) is 15.0 Å². The third kappa shape index (κ3) is 5.37. The van der Waals surface area contributed by atoms with Gasteiger partial charge in [-0.3, -0.25) is 9.52 Å². The summed E-state index contributed by atoms with van der Waals surface area (Å²) in [5.74, 6) is -1.01. The largest absolute Gasteiger partial charge is 0.310 e. The Morgan fingerprint density at radius 1 is 1.17 bits per heavy atom. The molecule has 2 N–H and O–H groups in total. The summed E-state index contributed by atoms with van der Waals surface area (Å²) in [4.78, 5) is 16.0. The molecule has 0 saturated heterocycles. The molecule has 122 valence electrons. The van der Waals surface area contributed by atoms with E-state index in [0.29, 0.717) is 11.5 Å². The van der Waals surface area contributed by atoms with Gasteiger partial charge in [0.05, 0.1) is 11.7 Å². The number of carbonyl (C=O) groups is 1. The molecule has 23 heavy (non-hydrogen) atoms. The van der Waals surface area contributed by atoms with Crippen LogP contribution in [0.2, 0.25) is 0 Å². The van der Waals surface area contributed by atoms with Gasteiger partial charge in [0.1, 0.15) is 5.82 Å². The molecular weight excluding hydrogens is 314 g/mol. The number of carbonyl (C=O) groups excluding carboxylic acids is 1. The normalized spacial score (nSPS) is 12.4. The van der Waals surface area contributed by atoms with E-state index in [4.69, 9.17) is 0 Å². The van der Waals surface area contributed by atoms with E-state index in [9.17, 15) is 13.2 Å². The van der Waals surface area contributed by atoms with Crippen LogP contribution in [0.25, 0.3) is 0 Å². The average Bonchev–Trinajstić information content (AvgIpc) is 2.50. The lowest BCUT2D eigenvalue weighted by atomic mass is 10.2. The highest BCUT2D eigenvalue weighted by molar-refractivity contribution is 7.92. The van der Waals surface area contributed by atoms with Crippen molar-refractivity contribution in [3.63, 3.8) is 0 Å². The van der Waals surface area contributed by atoms with Crippen LogP contribution in [0.1, 0.15) is 12.5 Å². The maximum atomic E-state index is 12.1. The van der Waals surface area contributed by atoms with E-state index in [1.54, 1.807) is 43.5 Å². The number of anilines is 2. The second kappa shape index (κ2) is 7.23. The van der Waals surface area contributed by atoms with E-state index in [1.165, 1.54) is 0 Å². The first-order valence-corrected chi connectivity index (χ1v) is 8.80. The third-order valence-electron chi connectivity index (χ3n) is 3.16. The van der Waals surface area contributed by atoms with Crippen molar-refractivity contribution in [2.45, 2.75) is 13.8 Å². The minimum Gasteiger partial charge on any atom is -0.310 e. The highest BCUT2D eigenvalue weighted by Gasteiger charge is 2.22. The quantitative estimate of drug-likeness (QED) is 0.849. The van der Waals surface area contributed by atoms with Crippen LogP contribution in [0.4, 0.5) is 11.5 Å². The second-order valence-corrected chi connectivity index (χ2v) is 7.12. The lowest BCUT2D eigenvalue weighted by Gasteiger charge is -2.13. The molecule has 1 aromatic heterocycles. The van der Waals surface area contributed by atoms with Gasteiger partial charge in [-0.15, -0.1) is 0 Å². The summed E-state index contributed by atoms with van der Waals surface area (Å²) in [6.45, 7) is 3.48. The van der Waals surface area contributed by atoms with E-state index in [-0.39, 0.29) is 5.75 Å². The zero-order valence-corrected chi connectivity index (χ0v) is 13.8. The first kappa shape index (κ1) is 17.0. The molecule has 0 fully saturated rings. The molecule has 7 heteroatoms. The van der Waals surface area contributed by atoms with Crippen molar-refractivity contribution < 1.29 is 13.2 Å². The number of hydrogen-bond donors (Lipinski definition) is 2. The summed E-state index contributed by atoms with van der Waals surface area (Å²) in [5, 5.41) is 2.59. The lowest BCUT2D eigenvalue weighted by Crippen LogP contribution is -2.30.